The maximum absolute atomic E-state index is 3.42. The van der Waals surface area contributed by atoms with E-state index in [1.807, 2.05) is 12.4 Å². The SMILES string of the molecule is C1=Cc2c(ccc3c4c(ccc23)-c2ccccc2C4)C1.C1=Cc2c(ccc3ccc4c(c23)Cc2ccccc2-4)C1.C1=Cc2cc3c4c(ccc3cc2C1)-c1ccccc1C4.C1=Cc2cc3ccc4c(c3cc2C1)Cc1ccccc1-4.c1ccc2c(c1)Cc1c-2ccc2c1ccc1cc[nH]c12.c1ccc2c(c1)Cc1c-2ccc2ccc3cc[nH]c3c12. The summed E-state index contributed by atoms with van der Waals surface area (Å²) in [6, 6.07) is 112. The lowest BCUT2D eigenvalue weighted by Crippen LogP contribution is -1.90. The van der Waals surface area contributed by atoms with E-state index in [0.717, 1.165) is 64.2 Å². The lowest BCUT2D eigenvalue weighted by molar-refractivity contribution is 1.27. The molecule has 2 heteroatoms. The normalized spacial score (nSPS) is 13.9. The highest BCUT2D eigenvalue weighted by atomic mass is 14.7. The van der Waals surface area contributed by atoms with Gasteiger partial charge in [0.15, 0.2) is 0 Å². The summed E-state index contributed by atoms with van der Waals surface area (Å²) < 4.78 is 0. The third kappa shape index (κ3) is 11.1. The lowest BCUT2D eigenvalue weighted by Gasteiger charge is -2.10. The number of benzene rings is 18. The number of hydrogen-bond acceptors (Lipinski definition) is 0. The Hall–Kier alpha value is -14.4. The molecular formula is C118H82N2. The molecule has 2 nitrogen and oxygen atoms in total. The van der Waals surface area contributed by atoms with Gasteiger partial charge in [-0.05, 0) is 326 Å². The van der Waals surface area contributed by atoms with Crippen LogP contribution in [0, 0.1) is 0 Å². The summed E-state index contributed by atoms with van der Waals surface area (Å²) in [5.41, 5.74) is 48.8. The van der Waals surface area contributed by atoms with Crippen molar-refractivity contribution in [2.24, 2.45) is 0 Å². The van der Waals surface area contributed by atoms with Crippen molar-refractivity contribution >= 4 is 111 Å². The number of aromatic nitrogens is 2. The van der Waals surface area contributed by atoms with E-state index in [-0.39, 0.29) is 0 Å². The zero-order chi connectivity index (χ0) is 78.6. The molecule has 10 aliphatic carbocycles. The Balaban J connectivity index is 0.0000000798. The first-order valence-corrected chi connectivity index (χ1v) is 43.0. The van der Waals surface area contributed by atoms with E-state index in [0.29, 0.717) is 0 Å². The zero-order valence-corrected chi connectivity index (χ0v) is 66.7. The molecule has 0 unspecified atom stereocenters. The third-order valence-electron chi connectivity index (χ3n) is 27.9. The topological polar surface area (TPSA) is 31.6 Å². The minimum Gasteiger partial charge on any atom is -0.361 e. The highest BCUT2D eigenvalue weighted by Gasteiger charge is 2.29. The minimum atomic E-state index is 1.04. The molecule has 2 heterocycles. The third-order valence-corrected chi connectivity index (χ3v) is 27.9. The smallest absolute Gasteiger partial charge is 0.0536 e. The molecule has 564 valence electrons. The summed E-state index contributed by atoms with van der Waals surface area (Å²) >= 11 is 0. The van der Waals surface area contributed by atoms with Crippen LogP contribution in [0.3, 0.4) is 0 Å². The monoisotopic (exact) mass is 1530 g/mol. The van der Waals surface area contributed by atoms with Gasteiger partial charge < -0.3 is 9.97 Å². The molecule has 10 aliphatic rings. The highest BCUT2D eigenvalue weighted by molar-refractivity contribution is 6.12. The van der Waals surface area contributed by atoms with Gasteiger partial charge >= 0.3 is 0 Å². The van der Waals surface area contributed by atoms with Crippen molar-refractivity contribution in [3.63, 3.8) is 0 Å². The predicted molar refractivity (Wildman–Crippen MR) is 508 cm³/mol. The van der Waals surface area contributed by atoms with Crippen molar-refractivity contribution < 1.29 is 0 Å². The highest BCUT2D eigenvalue weighted by Crippen LogP contribution is 2.50. The summed E-state index contributed by atoms with van der Waals surface area (Å²) in [7, 11) is 0. The van der Waals surface area contributed by atoms with Crippen LogP contribution >= 0.6 is 0 Å². The van der Waals surface area contributed by atoms with Crippen molar-refractivity contribution in [3.8, 4) is 66.8 Å². The van der Waals surface area contributed by atoms with Gasteiger partial charge in [0, 0.05) is 33.9 Å². The van der Waals surface area contributed by atoms with Crippen LogP contribution in [0.1, 0.15) is 111 Å². The van der Waals surface area contributed by atoms with Gasteiger partial charge in [0.2, 0.25) is 0 Å². The Morgan fingerprint density at radius 1 is 0.183 bits per heavy atom. The molecule has 2 aromatic heterocycles. The largest absolute Gasteiger partial charge is 0.361 e. The molecule has 0 radical (unpaired) electrons. The second kappa shape index (κ2) is 27.6. The minimum absolute atomic E-state index is 1.04. The van der Waals surface area contributed by atoms with Crippen LogP contribution in [0.2, 0.25) is 0 Å². The zero-order valence-electron chi connectivity index (χ0n) is 66.7. The van der Waals surface area contributed by atoms with E-state index in [9.17, 15) is 0 Å². The lowest BCUT2D eigenvalue weighted by atomic mass is 9.93. The average Bonchev–Trinajstić information content (AvgIpc) is 1.61. The van der Waals surface area contributed by atoms with Crippen LogP contribution in [-0.4, -0.2) is 9.97 Å². The average molecular weight is 1530 g/mol. The standard InChI is InChI=1S/4C20H14.2C19H13N/c2*1-2-7-17-15(4-1)12-20-18(17)9-8-16-10-13-5-3-6-14(13)11-19(16)20;1-2-6-16-15(4-1)12-19-18(16)11-10-14-9-8-13-5-3-7-17(13)20(14)19;1-2-6-16-14(4-1)12-20-18(16)11-10-17-15-7-3-5-13(15)8-9-19(17)20;1-2-4-14-13(3-1)11-18-15(14)7-8-17-16(18)6-5-12-9-10-20-19(12)17;1-2-4-15-14(3-1)11-17-16(15)8-7-12-5-6-13-9-10-20-19(13)18(12)17/h1-4,6-11H,5,12H2;1-5,7-11H,6,12H2;2*1-4,6-11H,5,12H2;2*1-10,20H,11H2. The second-order valence-electron chi connectivity index (χ2n) is 34.2. The van der Waals surface area contributed by atoms with Gasteiger partial charge in [0.05, 0.1) is 11.0 Å². The van der Waals surface area contributed by atoms with Gasteiger partial charge in [-0.1, -0.05) is 322 Å². The molecular weight excluding hydrogens is 1450 g/mol. The number of allylic oxidation sites excluding steroid dienone is 4. The van der Waals surface area contributed by atoms with Crippen molar-refractivity contribution in [1.82, 2.24) is 9.97 Å². The molecule has 30 rings (SSSR count). The number of hydrogen-bond donors (Lipinski definition) is 2. The summed E-state index contributed by atoms with van der Waals surface area (Å²) in [6.45, 7) is 0. The van der Waals surface area contributed by atoms with Gasteiger partial charge in [-0.2, -0.15) is 0 Å². The maximum Gasteiger partial charge on any atom is 0.0536 e. The summed E-state index contributed by atoms with van der Waals surface area (Å²) in [4.78, 5) is 6.79. The summed E-state index contributed by atoms with van der Waals surface area (Å²) in [6.07, 6.45) is 33.0. The van der Waals surface area contributed by atoms with Crippen LogP contribution in [-0.2, 0) is 64.2 Å². The number of H-pyrrole nitrogens is 2. The number of fused-ring (bicyclic) bond motifs is 40. The van der Waals surface area contributed by atoms with E-state index in [2.05, 4.69) is 362 Å². The van der Waals surface area contributed by atoms with Crippen molar-refractivity contribution in [2.75, 3.05) is 0 Å². The fourth-order valence-electron chi connectivity index (χ4n) is 22.2. The molecule has 18 aromatic carbocycles. The number of aromatic amines is 2. The fourth-order valence-corrected chi connectivity index (χ4v) is 22.2. The van der Waals surface area contributed by atoms with E-state index in [1.54, 1.807) is 0 Å². The Bertz CT molecular complexity index is 7900. The van der Waals surface area contributed by atoms with Crippen molar-refractivity contribution in [2.45, 2.75) is 64.2 Å². The van der Waals surface area contributed by atoms with Crippen LogP contribution in [0.5, 0.6) is 0 Å². The van der Waals surface area contributed by atoms with E-state index in [1.165, 1.54) is 264 Å². The number of rotatable bonds is 0. The predicted octanol–water partition coefficient (Wildman–Crippen LogP) is 29.7. The fraction of sp³-hybridized carbons (Fsp3) is 0.0847. The molecule has 0 aliphatic heterocycles. The second-order valence-corrected chi connectivity index (χ2v) is 34.2. The van der Waals surface area contributed by atoms with E-state index in [4.69, 9.17) is 0 Å². The molecule has 20 aromatic rings. The van der Waals surface area contributed by atoms with Crippen molar-refractivity contribution in [1.29, 1.82) is 0 Å². The molecule has 0 saturated heterocycles. The first kappa shape index (κ1) is 68.8. The Labute approximate surface area is 698 Å². The van der Waals surface area contributed by atoms with Crippen LogP contribution in [0.4, 0.5) is 0 Å². The molecule has 120 heavy (non-hydrogen) atoms. The van der Waals surface area contributed by atoms with E-state index >= 15 is 0 Å². The molecule has 0 bridgehead atoms. The Morgan fingerprint density at radius 2 is 0.517 bits per heavy atom. The quantitative estimate of drug-likeness (QED) is 0.152. The Kier molecular flexibility index (Phi) is 15.8. The molecule has 0 amide bonds. The van der Waals surface area contributed by atoms with Crippen LogP contribution in [0.25, 0.3) is 178 Å². The van der Waals surface area contributed by atoms with E-state index < -0.39 is 0 Å². The molecule has 0 spiro atoms. The molecule has 2 N–H and O–H groups in total. The van der Waals surface area contributed by atoms with Crippen molar-refractivity contribution in [3.05, 3.63) is 451 Å². The van der Waals surface area contributed by atoms with Crippen LogP contribution in [0.15, 0.2) is 340 Å². The van der Waals surface area contributed by atoms with Gasteiger partial charge in [-0.15, -0.1) is 0 Å². The van der Waals surface area contributed by atoms with Gasteiger partial charge in [0.25, 0.3) is 0 Å². The molecule has 0 atom stereocenters. The molecule has 0 saturated carbocycles. The first-order chi connectivity index (χ1) is 59.5. The summed E-state index contributed by atoms with van der Waals surface area (Å²) in [5.74, 6) is 0. The van der Waals surface area contributed by atoms with Gasteiger partial charge in [-0.3, -0.25) is 0 Å². The Morgan fingerprint density at radius 3 is 1.07 bits per heavy atom. The van der Waals surface area contributed by atoms with Crippen LogP contribution < -0.4 is 0 Å². The molecule has 0 fully saturated rings. The first-order valence-electron chi connectivity index (χ1n) is 43.0. The maximum atomic E-state index is 3.42. The number of nitrogens with one attached hydrogen (secondary N) is 2. The van der Waals surface area contributed by atoms with Gasteiger partial charge in [-0.25, -0.2) is 0 Å². The van der Waals surface area contributed by atoms with Gasteiger partial charge in [0.1, 0.15) is 0 Å². The summed E-state index contributed by atoms with van der Waals surface area (Å²) in [5, 5.41) is 19.4.